The van der Waals surface area contributed by atoms with Crippen LogP contribution < -0.4 is 5.32 Å². The number of ether oxygens (including phenoxy) is 1. The lowest BCUT2D eigenvalue weighted by molar-refractivity contribution is -0.120. The van der Waals surface area contributed by atoms with Gasteiger partial charge in [0.2, 0.25) is 5.91 Å². The fourth-order valence-electron chi connectivity index (χ4n) is 3.81. The molecule has 2 aromatic heterocycles. The standard InChI is InChI=1S/C24H30N4O3/c1-7-17(8-2)23(29)27-22-19(24(30)31-9-3)13-25-28(22)20-12-15(5)18-11-14(4)10-16(6)21(18)26-20/h10-13,17H,7-9H2,1-6H3,(H,27,29). The average Bonchev–Trinajstić information content (AvgIpc) is 3.13. The zero-order valence-electron chi connectivity index (χ0n) is 19.1. The third kappa shape index (κ3) is 4.45. The third-order valence-electron chi connectivity index (χ3n) is 5.52. The molecule has 0 aliphatic heterocycles. The van der Waals surface area contributed by atoms with Crippen molar-refractivity contribution in [3.8, 4) is 5.82 Å². The fourth-order valence-corrected chi connectivity index (χ4v) is 3.81. The molecule has 0 atom stereocenters. The van der Waals surface area contributed by atoms with Crippen molar-refractivity contribution in [1.82, 2.24) is 14.8 Å². The molecule has 0 spiro atoms. The zero-order chi connectivity index (χ0) is 22.7. The van der Waals surface area contributed by atoms with E-state index in [2.05, 4.69) is 29.5 Å². The number of carbonyl (C=O) groups is 2. The van der Waals surface area contributed by atoms with E-state index in [1.54, 1.807) is 6.92 Å². The van der Waals surface area contributed by atoms with Crippen molar-refractivity contribution < 1.29 is 14.3 Å². The van der Waals surface area contributed by atoms with Crippen LogP contribution in [-0.2, 0) is 9.53 Å². The van der Waals surface area contributed by atoms with Crippen LogP contribution in [0.5, 0.6) is 0 Å². The molecule has 3 rings (SSSR count). The molecule has 7 heteroatoms. The van der Waals surface area contributed by atoms with Crippen LogP contribution in [0.2, 0.25) is 0 Å². The number of amides is 1. The zero-order valence-corrected chi connectivity index (χ0v) is 19.1. The van der Waals surface area contributed by atoms with Gasteiger partial charge in [-0.2, -0.15) is 9.78 Å². The van der Waals surface area contributed by atoms with E-state index in [9.17, 15) is 9.59 Å². The van der Waals surface area contributed by atoms with E-state index < -0.39 is 5.97 Å². The lowest BCUT2D eigenvalue weighted by Crippen LogP contribution is -2.24. The predicted octanol–water partition coefficient (Wildman–Crippen LogP) is 4.90. The monoisotopic (exact) mass is 422 g/mol. The first kappa shape index (κ1) is 22.5. The maximum atomic E-state index is 12.8. The number of nitrogens with zero attached hydrogens (tertiary/aromatic N) is 3. The van der Waals surface area contributed by atoms with Crippen LogP contribution in [0.15, 0.2) is 24.4 Å². The van der Waals surface area contributed by atoms with Gasteiger partial charge in [-0.05, 0) is 63.8 Å². The smallest absolute Gasteiger partial charge is 0.343 e. The van der Waals surface area contributed by atoms with Crippen molar-refractivity contribution >= 4 is 28.6 Å². The molecule has 1 amide bonds. The van der Waals surface area contributed by atoms with Crippen LogP contribution in [0.4, 0.5) is 5.82 Å². The second-order valence-electron chi connectivity index (χ2n) is 7.82. The van der Waals surface area contributed by atoms with Gasteiger partial charge >= 0.3 is 5.97 Å². The van der Waals surface area contributed by atoms with E-state index in [0.29, 0.717) is 18.7 Å². The maximum absolute atomic E-state index is 12.8. The molecule has 0 aliphatic carbocycles. The van der Waals surface area contributed by atoms with Gasteiger partial charge < -0.3 is 10.1 Å². The highest BCUT2D eigenvalue weighted by atomic mass is 16.5. The highest BCUT2D eigenvalue weighted by Gasteiger charge is 2.25. The Morgan fingerprint density at radius 1 is 1.06 bits per heavy atom. The van der Waals surface area contributed by atoms with Crippen LogP contribution in [0.25, 0.3) is 16.7 Å². The highest BCUT2D eigenvalue weighted by molar-refractivity contribution is 6.01. The summed E-state index contributed by atoms with van der Waals surface area (Å²) in [6.45, 7) is 12.0. The highest BCUT2D eigenvalue weighted by Crippen LogP contribution is 2.27. The molecule has 1 N–H and O–H groups in total. The number of carbonyl (C=O) groups excluding carboxylic acids is 2. The lowest BCUT2D eigenvalue weighted by atomic mass is 10.0. The minimum Gasteiger partial charge on any atom is -0.462 e. The Balaban J connectivity index is 2.16. The van der Waals surface area contributed by atoms with Gasteiger partial charge in [-0.15, -0.1) is 0 Å². The van der Waals surface area contributed by atoms with Crippen molar-refractivity contribution in [2.75, 3.05) is 11.9 Å². The summed E-state index contributed by atoms with van der Waals surface area (Å²) in [4.78, 5) is 30.2. The number of anilines is 1. The second-order valence-corrected chi connectivity index (χ2v) is 7.82. The molecule has 0 saturated heterocycles. The van der Waals surface area contributed by atoms with Gasteiger partial charge in [-0.25, -0.2) is 9.78 Å². The molecule has 3 aromatic rings. The summed E-state index contributed by atoms with van der Waals surface area (Å²) < 4.78 is 6.69. The normalized spacial score (nSPS) is 11.2. The number of hydrogen-bond acceptors (Lipinski definition) is 5. The summed E-state index contributed by atoms with van der Waals surface area (Å²) in [6, 6.07) is 6.11. The van der Waals surface area contributed by atoms with E-state index in [0.717, 1.165) is 22.0 Å². The van der Waals surface area contributed by atoms with Crippen LogP contribution in [0.3, 0.4) is 0 Å². The van der Waals surface area contributed by atoms with E-state index in [4.69, 9.17) is 9.72 Å². The maximum Gasteiger partial charge on any atom is 0.343 e. The number of esters is 1. The Hall–Kier alpha value is -3.22. The molecule has 2 heterocycles. The first-order valence-corrected chi connectivity index (χ1v) is 10.8. The molecule has 0 fully saturated rings. The van der Waals surface area contributed by atoms with Gasteiger partial charge in [0, 0.05) is 11.3 Å². The van der Waals surface area contributed by atoms with E-state index in [1.807, 2.05) is 33.8 Å². The van der Waals surface area contributed by atoms with Crippen molar-refractivity contribution in [3.63, 3.8) is 0 Å². The van der Waals surface area contributed by atoms with Crippen molar-refractivity contribution in [2.45, 2.75) is 54.4 Å². The van der Waals surface area contributed by atoms with E-state index in [1.165, 1.54) is 16.4 Å². The Kier molecular flexibility index (Phi) is 6.73. The topological polar surface area (TPSA) is 86.1 Å². The summed E-state index contributed by atoms with van der Waals surface area (Å²) in [5.41, 5.74) is 4.34. The number of aromatic nitrogens is 3. The first-order valence-electron chi connectivity index (χ1n) is 10.8. The first-order chi connectivity index (χ1) is 14.8. The fraction of sp³-hybridized carbons (Fsp3) is 0.417. The SMILES string of the molecule is CCOC(=O)c1cnn(-c2cc(C)c3cc(C)cc(C)c3n2)c1NC(=O)C(CC)CC. The number of fused-ring (bicyclic) bond motifs is 1. The number of nitrogens with one attached hydrogen (secondary N) is 1. The molecule has 164 valence electrons. The van der Waals surface area contributed by atoms with Gasteiger partial charge in [-0.3, -0.25) is 4.79 Å². The number of hydrogen-bond donors (Lipinski definition) is 1. The molecule has 0 bridgehead atoms. The summed E-state index contributed by atoms with van der Waals surface area (Å²) in [7, 11) is 0. The molecule has 0 saturated carbocycles. The Labute approximate surface area is 182 Å². The molecule has 0 unspecified atom stereocenters. The lowest BCUT2D eigenvalue weighted by Gasteiger charge is -2.16. The Morgan fingerprint density at radius 3 is 2.42 bits per heavy atom. The average molecular weight is 423 g/mol. The summed E-state index contributed by atoms with van der Waals surface area (Å²) in [6.07, 6.45) is 2.83. The molecule has 31 heavy (non-hydrogen) atoms. The summed E-state index contributed by atoms with van der Waals surface area (Å²) >= 11 is 0. The molecule has 0 aliphatic rings. The molecule has 7 nitrogen and oxygen atoms in total. The quantitative estimate of drug-likeness (QED) is 0.548. The minimum absolute atomic E-state index is 0.151. The van der Waals surface area contributed by atoms with Crippen molar-refractivity contribution in [1.29, 1.82) is 0 Å². The number of rotatable bonds is 7. The number of aryl methyl sites for hydroxylation is 3. The van der Waals surface area contributed by atoms with Crippen LogP contribution in [0.1, 0.15) is 60.7 Å². The second kappa shape index (κ2) is 9.29. The third-order valence-corrected chi connectivity index (χ3v) is 5.52. The van der Waals surface area contributed by atoms with Crippen molar-refractivity contribution in [3.05, 3.63) is 46.6 Å². The summed E-state index contributed by atoms with van der Waals surface area (Å²) in [5.74, 6) is -0.0202. The number of benzene rings is 1. The van der Waals surface area contributed by atoms with Crippen LogP contribution in [-0.4, -0.2) is 33.2 Å². The van der Waals surface area contributed by atoms with Gasteiger partial charge in [0.25, 0.3) is 0 Å². The van der Waals surface area contributed by atoms with Crippen LogP contribution >= 0.6 is 0 Å². The molecular weight excluding hydrogens is 392 g/mol. The molecular formula is C24H30N4O3. The molecule has 0 radical (unpaired) electrons. The van der Waals surface area contributed by atoms with Crippen LogP contribution in [0, 0.1) is 26.7 Å². The van der Waals surface area contributed by atoms with E-state index >= 15 is 0 Å². The summed E-state index contributed by atoms with van der Waals surface area (Å²) in [5, 5.41) is 8.37. The largest absolute Gasteiger partial charge is 0.462 e. The van der Waals surface area contributed by atoms with Gasteiger partial charge in [0.05, 0.1) is 18.3 Å². The van der Waals surface area contributed by atoms with Gasteiger partial charge in [0.1, 0.15) is 5.56 Å². The molecule has 1 aromatic carbocycles. The Bertz CT molecular complexity index is 1130. The van der Waals surface area contributed by atoms with E-state index in [-0.39, 0.29) is 29.8 Å². The van der Waals surface area contributed by atoms with Crippen molar-refractivity contribution in [2.24, 2.45) is 5.92 Å². The van der Waals surface area contributed by atoms with Gasteiger partial charge in [0.15, 0.2) is 11.6 Å². The minimum atomic E-state index is -0.530. The van der Waals surface area contributed by atoms with Gasteiger partial charge in [-0.1, -0.05) is 25.5 Å². The predicted molar refractivity (Wildman–Crippen MR) is 122 cm³/mol. The Morgan fingerprint density at radius 2 is 1.77 bits per heavy atom. The number of pyridine rings is 1.